The second-order valence-corrected chi connectivity index (χ2v) is 6.14. The quantitative estimate of drug-likeness (QED) is 0.888. The van der Waals surface area contributed by atoms with E-state index in [2.05, 4.69) is 5.32 Å². The number of hydrogen-bond donors (Lipinski definition) is 2. The molecule has 1 fully saturated rings. The summed E-state index contributed by atoms with van der Waals surface area (Å²) < 4.78 is 13.0. The van der Waals surface area contributed by atoms with Crippen molar-refractivity contribution >= 4 is 5.91 Å². The zero-order valence-corrected chi connectivity index (χ0v) is 12.2. The summed E-state index contributed by atoms with van der Waals surface area (Å²) in [5, 5.41) is 3.12. The number of nitrogens with two attached hydrogens (primary N) is 1. The minimum absolute atomic E-state index is 0.0190. The predicted molar refractivity (Wildman–Crippen MR) is 77.8 cm³/mol. The van der Waals surface area contributed by atoms with Crippen molar-refractivity contribution in [3.05, 3.63) is 35.6 Å². The van der Waals surface area contributed by atoms with Gasteiger partial charge in [0.25, 0.3) is 0 Å². The van der Waals surface area contributed by atoms with E-state index in [1.54, 1.807) is 12.1 Å². The van der Waals surface area contributed by atoms with E-state index in [-0.39, 0.29) is 17.8 Å². The number of rotatable bonds is 4. The summed E-state index contributed by atoms with van der Waals surface area (Å²) in [6, 6.07) is 6.30. The fraction of sp³-hybridized carbons (Fsp3) is 0.562. The molecule has 4 heteroatoms. The van der Waals surface area contributed by atoms with Gasteiger partial charge in [0.15, 0.2) is 0 Å². The van der Waals surface area contributed by atoms with Gasteiger partial charge in [-0.25, -0.2) is 4.39 Å². The molecule has 0 saturated heterocycles. The van der Waals surface area contributed by atoms with Crippen LogP contribution in [0.4, 0.5) is 4.39 Å². The Morgan fingerprint density at radius 3 is 2.60 bits per heavy atom. The molecule has 0 heterocycles. The van der Waals surface area contributed by atoms with Crippen LogP contribution in [0.2, 0.25) is 0 Å². The Morgan fingerprint density at radius 1 is 1.35 bits per heavy atom. The molecular formula is C16H23FN2O. The van der Waals surface area contributed by atoms with Crippen LogP contribution in [0.5, 0.6) is 0 Å². The topological polar surface area (TPSA) is 55.1 Å². The van der Waals surface area contributed by atoms with Gasteiger partial charge in [-0.3, -0.25) is 4.79 Å². The van der Waals surface area contributed by atoms with E-state index in [4.69, 9.17) is 5.73 Å². The van der Waals surface area contributed by atoms with Gasteiger partial charge in [0.1, 0.15) is 5.82 Å². The summed E-state index contributed by atoms with van der Waals surface area (Å²) in [6.45, 7) is 4.34. The molecule has 0 bridgehead atoms. The first-order valence-electron chi connectivity index (χ1n) is 7.22. The van der Waals surface area contributed by atoms with E-state index in [0.717, 1.165) is 24.8 Å². The minimum atomic E-state index is -0.671. The van der Waals surface area contributed by atoms with Crippen molar-refractivity contribution in [3.8, 4) is 0 Å². The van der Waals surface area contributed by atoms with Gasteiger partial charge in [-0.15, -0.1) is 0 Å². The minimum Gasteiger partial charge on any atom is -0.352 e. The highest BCUT2D eigenvalue weighted by atomic mass is 19.1. The molecule has 110 valence electrons. The number of carbonyl (C=O) groups is 1. The molecule has 1 aliphatic rings. The highest BCUT2D eigenvalue weighted by Crippen LogP contribution is 2.28. The molecule has 1 aromatic carbocycles. The fourth-order valence-corrected chi connectivity index (χ4v) is 2.86. The Bertz CT molecular complexity index is 470. The van der Waals surface area contributed by atoms with Crippen LogP contribution in [0.1, 0.15) is 38.7 Å². The van der Waals surface area contributed by atoms with E-state index < -0.39 is 5.41 Å². The molecular weight excluding hydrogens is 255 g/mol. The molecule has 1 amide bonds. The molecule has 0 spiro atoms. The van der Waals surface area contributed by atoms with Crippen LogP contribution >= 0.6 is 0 Å². The molecule has 0 aliphatic heterocycles. The van der Waals surface area contributed by atoms with Gasteiger partial charge in [0.05, 0.1) is 5.41 Å². The monoisotopic (exact) mass is 278 g/mol. The van der Waals surface area contributed by atoms with Gasteiger partial charge in [-0.1, -0.05) is 18.6 Å². The lowest BCUT2D eigenvalue weighted by Crippen LogP contribution is -2.47. The van der Waals surface area contributed by atoms with Gasteiger partial charge in [-0.2, -0.15) is 0 Å². The Hall–Kier alpha value is -1.42. The third kappa shape index (κ3) is 3.01. The molecule has 0 radical (unpaired) electrons. The molecule has 2 rings (SSSR count). The van der Waals surface area contributed by atoms with Crippen molar-refractivity contribution in [1.29, 1.82) is 0 Å². The molecule has 1 aliphatic carbocycles. The van der Waals surface area contributed by atoms with Crippen LogP contribution in [0.3, 0.4) is 0 Å². The number of amides is 1. The number of hydrogen-bond acceptors (Lipinski definition) is 2. The summed E-state index contributed by atoms with van der Waals surface area (Å²) in [6.07, 6.45) is 3.19. The highest BCUT2D eigenvalue weighted by molar-refractivity contribution is 5.87. The fourth-order valence-electron chi connectivity index (χ4n) is 2.86. The first kappa shape index (κ1) is 15.0. The lowest BCUT2D eigenvalue weighted by atomic mass is 9.83. The van der Waals surface area contributed by atoms with Gasteiger partial charge in [0, 0.05) is 6.04 Å². The van der Waals surface area contributed by atoms with Crippen LogP contribution in [-0.2, 0) is 10.2 Å². The standard InChI is InChI=1S/C16H23FN2O/c1-16(2,12-6-8-13(17)9-7-12)15(20)19-14-5-3-4-11(14)10-18/h6-9,11,14H,3-5,10,18H2,1-2H3,(H,19,20). The maximum atomic E-state index is 13.0. The van der Waals surface area contributed by atoms with Crippen LogP contribution in [-0.4, -0.2) is 18.5 Å². The average molecular weight is 278 g/mol. The van der Waals surface area contributed by atoms with Gasteiger partial charge >= 0.3 is 0 Å². The maximum Gasteiger partial charge on any atom is 0.230 e. The van der Waals surface area contributed by atoms with E-state index in [1.807, 2.05) is 13.8 Å². The summed E-state index contributed by atoms with van der Waals surface area (Å²) >= 11 is 0. The summed E-state index contributed by atoms with van der Waals surface area (Å²) in [5.74, 6) is 0.0707. The SMILES string of the molecule is CC(C)(C(=O)NC1CCCC1CN)c1ccc(F)cc1. The second-order valence-electron chi connectivity index (χ2n) is 6.14. The third-order valence-electron chi connectivity index (χ3n) is 4.41. The molecule has 20 heavy (non-hydrogen) atoms. The van der Waals surface area contributed by atoms with E-state index >= 15 is 0 Å². The van der Waals surface area contributed by atoms with Crippen molar-refractivity contribution in [1.82, 2.24) is 5.32 Å². The Morgan fingerprint density at radius 2 is 2.00 bits per heavy atom. The first-order chi connectivity index (χ1) is 9.45. The Labute approximate surface area is 119 Å². The van der Waals surface area contributed by atoms with Crippen molar-refractivity contribution < 1.29 is 9.18 Å². The number of nitrogens with one attached hydrogen (secondary N) is 1. The molecule has 3 N–H and O–H groups in total. The second kappa shape index (κ2) is 5.92. The number of benzene rings is 1. The summed E-state index contributed by atoms with van der Waals surface area (Å²) in [5.41, 5.74) is 5.89. The molecule has 3 nitrogen and oxygen atoms in total. The van der Waals surface area contributed by atoms with Gasteiger partial charge in [-0.05, 0) is 56.8 Å². The van der Waals surface area contributed by atoms with Gasteiger partial charge < -0.3 is 11.1 Å². The van der Waals surface area contributed by atoms with Crippen molar-refractivity contribution in [2.45, 2.75) is 44.6 Å². The highest BCUT2D eigenvalue weighted by Gasteiger charge is 2.34. The zero-order valence-electron chi connectivity index (χ0n) is 12.2. The molecule has 1 saturated carbocycles. The zero-order chi connectivity index (χ0) is 14.8. The predicted octanol–water partition coefficient (Wildman–Crippen LogP) is 2.35. The van der Waals surface area contributed by atoms with Crippen LogP contribution in [0, 0.1) is 11.7 Å². The number of carbonyl (C=O) groups excluding carboxylic acids is 1. The smallest absolute Gasteiger partial charge is 0.230 e. The Kier molecular flexibility index (Phi) is 4.43. The van der Waals surface area contributed by atoms with Crippen LogP contribution in [0.25, 0.3) is 0 Å². The molecule has 1 aromatic rings. The van der Waals surface area contributed by atoms with Crippen molar-refractivity contribution in [2.24, 2.45) is 11.7 Å². The normalized spacial score (nSPS) is 22.8. The van der Waals surface area contributed by atoms with Gasteiger partial charge in [0.2, 0.25) is 5.91 Å². The largest absolute Gasteiger partial charge is 0.352 e. The van der Waals surface area contributed by atoms with E-state index in [1.165, 1.54) is 12.1 Å². The lowest BCUT2D eigenvalue weighted by Gasteiger charge is -2.28. The maximum absolute atomic E-state index is 13.0. The Balaban J connectivity index is 2.09. The van der Waals surface area contributed by atoms with Crippen LogP contribution < -0.4 is 11.1 Å². The van der Waals surface area contributed by atoms with Crippen molar-refractivity contribution in [2.75, 3.05) is 6.54 Å². The van der Waals surface area contributed by atoms with Crippen molar-refractivity contribution in [3.63, 3.8) is 0 Å². The molecule has 0 aromatic heterocycles. The van der Waals surface area contributed by atoms with E-state index in [9.17, 15) is 9.18 Å². The number of halogens is 1. The third-order valence-corrected chi connectivity index (χ3v) is 4.41. The van der Waals surface area contributed by atoms with E-state index in [0.29, 0.717) is 12.5 Å². The average Bonchev–Trinajstić information content (AvgIpc) is 2.86. The molecule has 2 unspecified atom stereocenters. The summed E-state index contributed by atoms with van der Waals surface area (Å²) in [7, 11) is 0. The lowest BCUT2D eigenvalue weighted by molar-refractivity contribution is -0.126. The van der Waals surface area contributed by atoms with Crippen LogP contribution in [0.15, 0.2) is 24.3 Å². The summed E-state index contributed by atoms with van der Waals surface area (Å²) in [4.78, 5) is 12.5. The first-order valence-corrected chi connectivity index (χ1v) is 7.22. The molecule has 2 atom stereocenters.